The molecule has 0 bridgehead atoms. The lowest BCUT2D eigenvalue weighted by Crippen LogP contribution is -2.43. The molecular weight excluding hydrogens is 484 g/mol. The summed E-state index contributed by atoms with van der Waals surface area (Å²) in [7, 11) is 3.14. The van der Waals surface area contributed by atoms with E-state index in [-0.39, 0.29) is 18.9 Å². The molecule has 0 saturated carbocycles. The topological polar surface area (TPSA) is 97.3 Å². The Morgan fingerprint density at radius 1 is 0.947 bits per heavy atom. The van der Waals surface area contributed by atoms with Crippen molar-refractivity contribution in [2.75, 3.05) is 38.8 Å². The van der Waals surface area contributed by atoms with Crippen molar-refractivity contribution in [1.29, 1.82) is 0 Å². The fourth-order valence-corrected chi connectivity index (χ4v) is 5.51. The van der Waals surface area contributed by atoms with Crippen LogP contribution in [0.4, 0.5) is 10.5 Å². The van der Waals surface area contributed by atoms with Crippen molar-refractivity contribution < 1.29 is 28.9 Å². The number of aliphatic carboxylic acids is 1. The molecule has 2 N–H and O–H groups in total. The number of amides is 1. The molecule has 198 valence electrons. The van der Waals surface area contributed by atoms with Crippen LogP contribution < -0.4 is 19.7 Å². The maximum atomic E-state index is 12.8. The SMILES string of the molecule is COc1cc(N2CCCC2)c(OC)cc1CC(NC(=O)OCC1c2ccccc2-c2ccccc21)C(=O)O. The second kappa shape index (κ2) is 11.0. The lowest BCUT2D eigenvalue weighted by Gasteiger charge is -2.24. The predicted molar refractivity (Wildman–Crippen MR) is 144 cm³/mol. The van der Waals surface area contributed by atoms with E-state index in [2.05, 4.69) is 22.3 Å². The third-order valence-electron chi connectivity index (χ3n) is 7.39. The number of hydrogen-bond acceptors (Lipinski definition) is 6. The normalized spacial score (nSPS) is 14.9. The number of carboxylic acid groups (broad SMARTS) is 1. The van der Waals surface area contributed by atoms with Gasteiger partial charge in [0.05, 0.1) is 19.9 Å². The van der Waals surface area contributed by atoms with Gasteiger partial charge in [-0.3, -0.25) is 0 Å². The summed E-state index contributed by atoms with van der Waals surface area (Å²) in [5, 5.41) is 12.4. The van der Waals surface area contributed by atoms with Crippen LogP contribution in [0.1, 0.15) is 35.4 Å². The van der Waals surface area contributed by atoms with Gasteiger partial charge in [-0.1, -0.05) is 48.5 Å². The summed E-state index contributed by atoms with van der Waals surface area (Å²) >= 11 is 0. The first-order chi connectivity index (χ1) is 18.5. The van der Waals surface area contributed by atoms with Crippen LogP contribution in [0.5, 0.6) is 11.5 Å². The Hall–Kier alpha value is -4.20. The first-order valence-electron chi connectivity index (χ1n) is 12.8. The molecule has 1 fully saturated rings. The lowest BCUT2D eigenvalue weighted by molar-refractivity contribution is -0.139. The van der Waals surface area contributed by atoms with Crippen LogP contribution in [-0.2, 0) is 16.0 Å². The molecule has 1 aliphatic heterocycles. The first kappa shape index (κ1) is 25.4. The summed E-state index contributed by atoms with van der Waals surface area (Å²) in [6, 6.07) is 18.6. The molecule has 8 heteroatoms. The minimum atomic E-state index is -1.21. The maximum Gasteiger partial charge on any atom is 0.407 e. The predicted octanol–water partition coefficient (Wildman–Crippen LogP) is 4.84. The lowest BCUT2D eigenvalue weighted by atomic mass is 9.98. The van der Waals surface area contributed by atoms with Gasteiger partial charge in [0.2, 0.25) is 0 Å². The molecule has 1 unspecified atom stereocenters. The zero-order valence-corrected chi connectivity index (χ0v) is 21.6. The molecule has 38 heavy (non-hydrogen) atoms. The van der Waals surface area contributed by atoms with E-state index in [1.807, 2.05) is 42.5 Å². The molecular formula is C30H32N2O6. The molecule has 0 aromatic heterocycles. The van der Waals surface area contributed by atoms with Crippen molar-refractivity contribution in [3.63, 3.8) is 0 Å². The first-order valence-corrected chi connectivity index (χ1v) is 12.8. The number of carbonyl (C=O) groups excluding carboxylic acids is 1. The summed E-state index contributed by atoms with van der Waals surface area (Å²) < 4.78 is 16.8. The number of nitrogens with one attached hydrogen (secondary N) is 1. The van der Waals surface area contributed by atoms with Crippen LogP contribution in [-0.4, -0.2) is 57.1 Å². The van der Waals surface area contributed by atoms with Crippen LogP contribution in [0.15, 0.2) is 60.7 Å². The Balaban J connectivity index is 1.29. The highest BCUT2D eigenvalue weighted by atomic mass is 16.5. The summed E-state index contributed by atoms with van der Waals surface area (Å²) in [6.45, 7) is 1.97. The van der Waals surface area contributed by atoms with E-state index in [0.717, 1.165) is 53.9 Å². The number of methoxy groups -OCH3 is 2. The van der Waals surface area contributed by atoms with Crippen molar-refractivity contribution in [1.82, 2.24) is 5.32 Å². The zero-order chi connectivity index (χ0) is 26.6. The Morgan fingerprint density at radius 2 is 1.55 bits per heavy atom. The molecule has 0 spiro atoms. The summed E-state index contributed by atoms with van der Waals surface area (Å²) in [6.07, 6.45) is 1.45. The summed E-state index contributed by atoms with van der Waals surface area (Å²) in [5.74, 6) is -0.0803. The number of nitrogens with zero attached hydrogens (tertiary/aromatic N) is 1. The molecule has 3 aromatic rings. The fraction of sp³-hybridized carbons (Fsp3) is 0.333. The molecule has 8 nitrogen and oxygen atoms in total. The third kappa shape index (κ3) is 4.98. The number of fused-ring (bicyclic) bond motifs is 3. The largest absolute Gasteiger partial charge is 0.496 e. The minimum Gasteiger partial charge on any atom is -0.496 e. The number of ether oxygens (including phenoxy) is 3. The number of alkyl carbamates (subject to hydrolysis) is 1. The zero-order valence-electron chi connectivity index (χ0n) is 21.6. The number of rotatable bonds is 9. The van der Waals surface area contributed by atoms with Gasteiger partial charge in [0.25, 0.3) is 0 Å². The summed E-state index contributed by atoms with van der Waals surface area (Å²) in [5.41, 5.74) is 5.97. The van der Waals surface area contributed by atoms with Gasteiger partial charge in [-0.2, -0.15) is 0 Å². The van der Waals surface area contributed by atoms with Crippen molar-refractivity contribution in [3.05, 3.63) is 77.4 Å². The monoisotopic (exact) mass is 516 g/mol. The Kier molecular flexibility index (Phi) is 7.40. The maximum absolute atomic E-state index is 12.8. The minimum absolute atomic E-state index is 0.0132. The van der Waals surface area contributed by atoms with E-state index in [1.54, 1.807) is 20.3 Å². The molecule has 1 atom stereocenters. The van der Waals surface area contributed by atoms with Gasteiger partial charge < -0.3 is 29.5 Å². The van der Waals surface area contributed by atoms with Crippen LogP contribution in [0, 0.1) is 0 Å². The van der Waals surface area contributed by atoms with Gasteiger partial charge in [-0.15, -0.1) is 0 Å². The second-order valence-electron chi connectivity index (χ2n) is 9.59. The molecule has 0 radical (unpaired) electrons. The van der Waals surface area contributed by atoms with E-state index < -0.39 is 18.1 Å². The highest BCUT2D eigenvalue weighted by Gasteiger charge is 2.30. The van der Waals surface area contributed by atoms with Gasteiger partial charge in [-0.05, 0) is 41.2 Å². The van der Waals surface area contributed by atoms with Gasteiger partial charge in [0.15, 0.2) is 0 Å². The van der Waals surface area contributed by atoms with E-state index >= 15 is 0 Å². The van der Waals surface area contributed by atoms with E-state index in [1.165, 1.54) is 0 Å². The highest BCUT2D eigenvalue weighted by Crippen LogP contribution is 2.44. The number of anilines is 1. The fourth-order valence-electron chi connectivity index (χ4n) is 5.51. The van der Waals surface area contributed by atoms with Crippen LogP contribution in [0.25, 0.3) is 11.1 Å². The Labute approximate surface area is 222 Å². The molecule has 1 aliphatic carbocycles. The average Bonchev–Trinajstić information content (AvgIpc) is 3.58. The molecule has 1 saturated heterocycles. The number of carboxylic acids is 1. The second-order valence-corrected chi connectivity index (χ2v) is 9.59. The van der Waals surface area contributed by atoms with Crippen molar-refractivity contribution in [3.8, 4) is 22.6 Å². The molecule has 1 heterocycles. The van der Waals surface area contributed by atoms with Crippen molar-refractivity contribution >= 4 is 17.7 Å². The molecule has 3 aromatic carbocycles. The molecule has 5 rings (SSSR count). The van der Waals surface area contributed by atoms with Gasteiger partial charge in [0.1, 0.15) is 24.1 Å². The number of benzene rings is 3. The quantitative estimate of drug-likeness (QED) is 0.420. The molecule has 2 aliphatic rings. The average molecular weight is 517 g/mol. The van der Waals surface area contributed by atoms with Gasteiger partial charge in [-0.25, -0.2) is 9.59 Å². The smallest absolute Gasteiger partial charge is 0.407 e. The summed E-state index contributed by atoms with van der Waals surface area (Å²) in [4.78, 5) is 27.1. The van der Waals surface area contributed by atoms with Gasteiger partial charge in [0, 0.05) is 37.1 Å². The number of hydrogen-bond donors (Lipinski definition) is 2. The van der Waals surface area contributed by atoms with E-state index in [0.29, 0.717) is 17.1 Å². The van der Waals surface area contributed by atoms with Crippen LogP contribution >= 0.6 is 0 Å². The van der Waals surface area contributed by atoms with Crippen LogP contribution in [0.3, 0.4) is 0 Å². The van der Waals surface area contributed by atoms with Crippen LogP contribution in [0.2, 0.25) is 0 Å². The highest BCUT2D eigenvalue weighted by molar-refractivity contribution is 5.81. The Bertz CT molecular complexity index is 1290. The van der Waals surface area contributed by atoms with E-state index in [4.69, 9.17) is 14.2 Å². The third-order valence-corrected chi connectivity index (χ3v) is 7.39. The van der Waals surface area contributed by atoms with E-state index in [9.17, 15) is 14.7 Å². The Morgan fingerprint density at radius 3 is 2.13 bits per heavy atom. The standard InChI is InChI=1S/C30H32N2O6/c1-36-27-17-26(32-13-7-8-14-32)28(37-2)16-19(27)15-25(29(33)34)31-30(35)38-18-24-22-11-5-3-9-20(22)21-10-4-6-12-23(21)24/h3-6,9-12,16-17,24-25H,7-8,13-15,18H2,1-2H3,(H,31,35)(H,33,34). The van der Waals surface area contributed by atoms with Crippen molar-refractivity contribution in [2.45, 2.75) is 31.2 Å². The van der Waals surface area contributed by atoms with Gasteiger partial charge >= 0.3 is 12.1 Å². The van der Waals surface area contributed by atoms with Crippen molar-refractivity contribution in [2.24, 2.45) is 0 Å². The molecule has 1 amide bonds. The number of carbonyl (C=O) groups is 2.